The first-order chi connectivity index (χ1) is 7.74. The number of Topliss-reactive ketones (excluding diaryl/α,β-unsaturated/α-hetero) is 1. The minimum Gasteiger partial charge on any atom is -0.496 e. The van der Waals surface area contributed by atoms with Crippen LogP contribution in [0.4, 0.5) is 0 Å². The first-order valence-electron chi connectivity index (χ1n) is 4.83. The van der Waals surface area contributed by atoms with Gasteiger partial charge in [0, 0.05) is 0 Å². The summed E-state index contributed by atoms with van der Waals surface area (Å²) in [5.74, 6) is 1.02. The second kappa shape index (κ2) is 4.18. The Hall–Kier alpha value is -2.10. The minimum atomic E-state index is -0.0813. The van der Waals surface area contributed by atoms with Crippen LogP contribution in [-0.2, 0) is 0 Å². The van der Waals surface area contributed by atoms with E-state index in [1.54, 1.807) is 7.11 Å². The maximum Gasteiger partial charge on any atom is 0.181 e. The standard InChI is InChI=1S/C12H11NO3/c1-8(14)10-7-13-16-12(10)9-5-3-4-6-11(9)15-2/h3-7H,1-2H3. The molecule has 0 aliphatic carbocycles. The first-order valence-corrected chi connectivity index (χ1v) is 4.83. The average molecular weight is 217 g/mol. The van der Waals surface area contributed by atoms with Gasteiger partial charge in [-0.15, -0.1) is 0 Å². The van der Waals surface area contributed by atoms with Crippen LogP contribution in [0.5, 0.6) is 5.75 Å². The number of aromatic nitrogens is 1. The van der Waals surface area contributed by atoms with Gasteiger partial charge in [-0.3, -0.25) is 4.79 Å². The van der Waals surface area contributed by atoms with Gasteiger partial charge in [-0.05, 0) is 19.1 Å². The lowest BCUT2D eigenvalue weighted by molar-refractivity contribution is 0.101. The molecule has 0 aliphatic rings. The predicted molar refractivity (Wildman–Crippen MR) is 58.5 cm³/mol. The van der Waals surface area contributed by atoms with Gasteiger partial charge in [0.2, 0.25) is 0 Å². The van der Waals surface area contributed by atoms with Crippen molar-refractivity contribution in [2.75, 3.05) is 7.11 Å². The molecule has 0 spiro atoms. The molecule has 1 aromatic carbocycles. The Morgan fingerprint density at radius 2 is 2.12 bits per heavy atom. The van der Waals surface area contributed by atoms with E-state index >= 15 is 0 Å². The summed E-state index contributed by atoms with van der Waals surface area (Å²) < 4.78 is 10.3. The fraction of sp³-hybridized carbons (Fsp3) is 0.167. The third-order valence-electron chi connectivity index (χ3n) is 2.30. The fourth-order valence-electron chi connectivity index (χ4n) is 1.52. The highest BCUT2D eigenvalue weighted by Crippen LogP contribution is 2.31. The van der Waals surface area contributed by atoms with E-state index in [9.17, 15) is 4.79 Å². The summed E-state index contributed by atoms with van der Waals surface area (Å²) in [6.45, 7) is 1.48. The van der Waals surface area contributed by atoms with E-state index in [1.165, 1.54) is 13.1 Å². The lowest BCUT2D eigenvalue weighted by atomic mass is 10.1. The highest BCUT2D eigenvalue weighted by atomic mass is 16.5. The number of benzene rings is 1. The maximum absolute atomic E-state index is 11.4. The molecule has 0 fully saturated rings. The van der Waals surface area contributed by atoms with E-state index in [0.717, 1.165) is 5.56 Å². The number of nitrogens with zero attached hydrogens (tertiary/aromatic N) is 1. The van der Waals surface area contributed by atoms with Crippen molar-refractivity contribution in [1.82, 2.24) is 5.16 Å². The van der Waals surface area contributed by atoms with E-state index < -0.39 is 0 Å². The second-order valence-electron chi connectivity index (χ2n) is 3.33. The van der Waals surface area contributed by atoms with Gasteiger partial charge in [-0.25, -0.2) is 0 Å². The fourth-order valence-corrected chi connectivity index (χ4v) is 1.52. The summed E-state index contributed by atoms with van der Waals surface area (Å²) in [5.41, 5.74) is 1.19. The van der Waals surface area contributed by atoms with E-state index in [2.05, 4.69) is 5.16 Å². The van der Waals surface area contributed by atoms with Gasteiger partial charge in [0.25, 0.3) is 0 Å². The third-order valence-corrected chi connectivity index (χ3v) is 2.30. The Morgan fingerprint density at radius 3 is 2.81 bits per heavy atom. The highest BCUT2D eigenvalue weighted by molar-refractivity contribution is 5.99. The SMILES string of the molecule is COc1ccccc1-c1oncc1C(C)=O. The van der Waals surface area contributed by atoms with Crippen LogP contribution in [-0.4, -0.2) is 18.0 Å². The third kappa shape index (κ3) is 1.69. The molecular weight excluding hydrogens is 206 g/mol. The van der Waals surface area contributed by atoms with Gasteiger partial charge in [0.05, 0.1) is 24.4 Å². The number of hydrogen-bond acceptors (Lipinski definition) is 4. The van der Waals surface area contributed by atoms with Crippen molar-refractivity contribution in [1.29, 1.82) is 0 Å². The van der Waals surface area contributed by atoms with Gasteiger partial charge in [-0.2, -0.15) is 0 Å². The van der Waals surface area contributed by atoms with Gasteiger partial charge in [0.1, 0.15) is 5.75 Å². The molecule has 0 unspecified atom stereocenters. The summed E-state index contributed by atoms with van der Waals surface area (Å²) in [5, 5.41) is 3.64. The number of carbonyl (C=O) groups excluding carboxylic acids is 1. The molecule has 82 valence electrons. The largest absolute Gasteiger partial charge is 0.496 e. The number of rotatable bonds is 3. The minimum absolute atomic E-state index is 0.0813. The van der Waals surface area contributed by atoms with Crippen LogP contribution in [0.25, 0.3) is 11.3 Å². The van der Waals surface area contributed by atoms with Gasteiger partial charge >= 0.3 is 0 Å². The molecule has 0 saturated heterocycles. The topological polar surface area (TPSA) is 52.3 Å². The second-order valence-corrected chi connectivity index (χ2v) is 3.33. The summed E-state index contributed by atoms with van der Waals surface area (Å²) >= 11 is 0. The molecule has 1 heterocycles. The van der Waals surface area contributed by atoms with Gasteiger partial charge in [-0.1, -0.05) is 17.3 Å². The van der Waals surface area contributed by atoms with E-state index in [0.29, 0.717) is 17.1 Å². The molecule has 0 N–H and O–H groups in total. The lowest BCUT2D eigenvalue weighted by Gasteiger charge is -2.05. The lowest BCUT2D eigenvalue weighted by Crippen LogP contribution is -1.93. The number of carbonyl (C=O) groups is 1. The molecule has 0 radical (unpaired) electrons. The molecular formula is C12H11NO3. The summed E-state index contributed by atoms with van der Waals surface area (Å²) in [7, 11) is 1.57. The number of hydrogen-bond donors (Lipinski definition) is 0. The quantitative estimate of drug-likeness (QED) is 0.741. The summed E-state index contributed by atoms with van der Waals surface area (Å²) in [6.07, 6.45) is 1.42. The molecule has 4 nitrogen and oxygen atoms in total. The molecule has 1 aromatic heterocycles. The average Bonchev–Trinajstić information content (AvgIpc) is 2.77. The Balaban J connectivity index is 2.58. The van der Waals surface area contributed by atoms with Crippen LogP contribution < -0.4 is 4.74 Å². The molecule has 0 bridgehead atoms. The van der Waals surface area contributed by atoms with Crippen LogP contribution in [0.2, 0.25) is 0 Å². The molecule has 0 amide bonds. The van der Waals surface area contributed by atoms with Crippen LogP contribution >= 0.6 is 0 Å². The van der Waals surface area contributed by atoms with Crippen molar-refractivity contribution in [3.8, 4) is 17.1 Å². The molecule has 2 rings (SSSR count). The molecule has 0 aliphatic heterocycles. The zero-order valence-corrected chi connectivity index (χ0v) is 9.06. The van der Waals surface area contributed by atoms with Crippen molar-refractivity contribution in [3.63, 3.8) is 0 Å². The number of methoxy groups -OCH3 is 1. The van der Waals surface area contributed by atoms with Crippen molar-refractivity contribution in [2.24, 2.45) is 0 Å². The number of para-hydroxylation sites is 1. The van der Waals surface area contributed by atoms with Crippen LogP contribution in [0, 0.1) is 0 Å². The Bertz CT molecular complexity index is 516. The zero-order valence-electron chi connectivity index (χ0n) is 9.06. The van der Waals surface area contributed by atoms with Crippen molar-refractivity contribution >= 4 is 5.78 Å². The van der Waals surface area contributed by atoms with Crippen molar-refractivity contribution < 1.29 is 14.1 Å². The van der Waals surface area contributed by atoms with E-state index in [-0.39, 0.29) is 5.78 Å². The normalized spacial score (nSPS) is 10.1. The Morgan fingerprint density at radius 1 is 1.38 bits per heavy atom. The molecule has 0 saturated carbocycles. The summed E-state index contributed by atoms with van der Waals surface area (Å²) in [4.78, 5) is 11.4. The zero-order chi connectivity index (χ0) is 11.5. The maximum atomic E-state index is 11.4. The smallest absolute Gasteiger partial charge is 0.181 e. The van der Waals surface area contributed by atoms with Crippen LogP contribution in [0.3, 0.4) is 0 Å². The monoisotopic (exact) mass is 217 g/mol. The Labute approximate surface area is 92.8 Å². The number of ketones is 1. The number of ether oxygens (including phenoxy) is 1. The van der Waals surface area contributed by atoms with Gasteiger partial charge < -0.3 is 9.26 Å². The Kier molecular flexibility index (Phi) is 2.72. The predicted octanol–water partition coefficient (Wildman–Crippen LogP) is 2.55. The molecule has 16 heavy (non-hydrogen) atoms. The molecule has 2 aromatic rings. The highest BCUT2D eigenvalue weighted by Gasteiger charge is 2.17. The van der Waals surface area contributed by atoms with Crippen molar-refractivity contribution in [2.45, 2.75) is 6.92 Å². The molecule has 4 heteroatoms. The van der Waals surface area contributed by atoms with Crippen LogP contribution in [0.1, 0.15) is 17.3 Å². The molecule has 0 atom stereocenters. The van der Waals surface area contributed by atoms with Crippen molar-refractivity contribution in [3.05, 3.63) is 36.0 Å². The van der Waals surface area contributed by atoms with E-state index in [1.807, 2.05) is 24.3 Å². The van der Waals surface area contributed by atoms with E-state index in [4.69, 9.17) is 9.26 Å². The summed E-state index contributed by atoms with van der Waals surface area (Å²) in [6, 6.07) is 7.34. The first kappa shape index (κ1) is 10.4. The van der Waals surface area contributed by atoms with Gasteiger partial charge in [0.15, 0.2) is 11.5 Å². The van der Waals surface area contributed by atoms with Crippen LogP contribution in [0.15, 0.2) is 35.0 Å².